The van der Waals surface area contributed by atoms with Crippen molar-refractivity contribution in [3.8, 4) is 28.2 Å². The lowest BCUT2D eigenvalue weighted by atomic mass is 9.89. The molecule has 1 aliphatic carbocycles. The molecule has 9 nitrogen and oxygen atoms in total. The van der Waals surface area contributed by atoms with Crippen LogP contribution < -0.4 is 10.7 Å². The molecule has 0 aromatic heterocycles. The number of amides is 1. The molecule has 4 rings (SSSR count). The Bertz CT molecular complexity index is 1670. The van der Waals surface area contributed by atoms with E-state index in [-0.39, 0.29) is 63.3 Å². The minimum Gasteiger partial charge on any atom is -0.505 e. The summed E-state index contributed by atoms with van der Waals surface area (Å²) < 4.78 is 39.1. The van der Waals surface area contributed by atoms with Gasteiger partial charge in [-0.15, -0.1) is 0 Å². The summed E-state index contributed by atoms with van der Waals surface area (Å²) in [7, 11) is 0. The summed E-state index contributed by atoms with van der Waals surface area (Å²) in [5.74, 6) is -5.82. The maximum absolute atomic E-state index is 14.3. The molecule has 0 bridgehead atoms. The lowest BCUT2D eigenvalue weighted by Gasteiger charge is -2.17. The number of hydrogen-bond acceptors (Lipinski definition) is 7. The number of ether oxygens (including phenoxy) is 1. The van der Waals surface area contributed by atoms with Crippen molar-refractivity contribution < 1.29 is 42.5 Å². The zero-order valence-corrected chi connectivity index (χ0v) is 19.8. The number of carbonyl (C=O) groups excluding carboxylic acids is 2. The quantitative estimate of drug-likeness (QED) is 0.142. The van der Waals surface area contributed by atoms with Crippen LogP contribution >= 0.6 is 0 Å². The van der Waals surface area contributed by atoms with Gasteiger partial charge in [-0.25, -0.2) is 18.4 Å². The highest BCUT2D eigenvalue weighted by atomic mass is 19.1. The standard InChI is InChI=1S/C27H19F2NO8/c1-12(2)27(36)37-6-5-30-25(33)13-3-4-14(15(7-13)26(34)35)24-16-8-18(28)20(31)10-22(16)38-23-11-21(32)19(29)9-17(23)24/h3-4,7-11,31H,1,5-6H2,2H3,(H,30,33)(H,34,35). The first-order valence-corrected chi connectivity index (χ1v) is 11.0. The van der Waals surface area contributed by atoms with Crippen molar-refractivity contribution in [3.05, 3.63) is 87.6 Å². The first-order chi connectivity index (χ1) is 18.0. The van der Waals surface area contributed by atoms with Crippen molar-refractivity contribution in [2.75, 3.05) is 13.2 Å². The van der Waals surface area contributed by atoms with Gasteiger partial charge in [0, 0.05) is 39.8 Å². The number of phenolic OH excluding ortho intramolecular Hbond substituents is 1. The van der Waals surface area contributed by atoms with Crippen molar-refractivity contribution in [2.24, 2.45) is 0 Å². The fourth-order valence-corrected chi connectivity index (χ4v) is 3.80. The Morgan fingerprint density at radius 3 is 2.47 bits per heavy atom. The third-order valence-electron chi connectivity index (χ3n) is 5.59. The van der Waals surface area contributed by atoms with Crippen molar-refractivity contribution >= 4 is 28.8 Å². The van der Waals surface area contributed by atoms with Crippen LogP contribution in [0, 0.1) is 11.6 Å². The van der Waals surface area contributed by atoms with E-state index in [2.05, 4.69) is 11.9 Å². The van der Waals surface area contributed by atoms with Gasteiger partial charge < -0.3 is 24.7 Å². The van der Waals surface area contributed by atoms with Gasteiger partial charge in [0.25, 0.3) is 5.91 Å². The van der Waals surface area contributed by atoms with Gasteiger partial charge in [-0.3, -0.25) is 9.59 Å². The summed E-state index contributed by atoms with van der Waals surface area (Å²) >= 11 is 0. The number of carboxylic acid groups (broad SMARTS) is 1. The van der Waals surface area contributed by atoms with Crippen LogP contribution in [-0.4, -0.2) is 41.2 Å². The van der Waals surface area contributed by atoms with Gasteiger partial charge in [0.05, 0.1) is 12.1 Å². The second-order valence-electron chi connectivity index (χ2n) is 8.29. The Morgan fingerprint density at radius 1 is 1.05 bits per heavy atom. The molecule has 1 amide bonds. The number of aromatic carboxylic acids is 1. The van der Waals surface area contributed by atoms with Gasteiger partial charge in [-0.1, -0.05) is 12.6 Å². The van der Waals surface area contributed by atoms with Gasteiger partial charge in [-0.05, 0) is 36.8 Å². The molecule has 2 aromatic carbocycles. The number of fused-ring (bicyclic) bond motifs is 2. The number of nitrogens with one attached hydrogen (secondary N) is 1. The molecule has 38 heavy (non-hydrogen) atoms. The Kier molecular flexibility index (Phi) is 6.94. The number of benzene rings is 3. The van der Waals surface area contributed by atoms with Crippen LogP contribution in [0.4, 0.5) is 8.78 Å². The van der Waals surface area contributed by atoms with E-state index in [1.165, 1.54) is 19.1 Å². The van der Waals surface area contributed by atoms with Crippen LogP contribution in [0.1, 0.15) is 27.6 Å². The lowest BCUT2D eigenvalue weighted by Crippen LogP contribution is -2.28. The average molecular weight is 523 g/mol. The third-order valence-corrected chi connectivity index (χ3v) is 5.59. The molecular formula is C27H19F2NO8. The Balaban J connectivity index is 1.82. The zero-order valence-electron chi connectivity index (χ0n) is 19.8. The smallest absolute Gasteiger partial charge is 0.336 e. The molecule has 3 N–H and O–H groups in total. The van der Waals surface area contributed by atoms with Crippen molar-refractivity contribution in [1.29, 1.82) is 0 Å². The largest absolute Gasteiger partial charge is 0.505 e. The predicted molar refractivity (Wildman–Crippen MR) is 131 cm³/mol. The molecule has 0 radical (unpaired) electrons. The first kappa shape index (κ1) is 26.0. The Hall–Kier alpha value is -5.06. The third kappa shape index (κ3) is 4.94. The normalized spacial score (nSPS) is 10.9. The van der Waals surface area contributed by atoms with Crippen molar-refractivity contribution in [1.82, 2.24) is 5.32 Å². The molecular weight excluding hydrogens is 504 g/mol. The molecule has 2 aromatic rings. The molecule has 11 heteroatoms. The van der Waals surface area contributed by atoms with E-state index >= 15 is 0 Å². The van der Waals surface area contributed by atoms with Crippen LogP contribution in [0.5, 0.6) is 5.75 Å². The molecule has 1 heterocycles. The molecule has 0 spiro atoms. The molecule has 1 aliphatic heterocycles. The van der Waals surface area contributed by atoms with E-state index < -0.39 is 40.7 Å². The molecule has 2 aliphatic rings. The minimum absolute atomic E-state index is 0.00937. The van der Waals surface area contributed by atoms with E-state index in [4.69, 9.17) is 9.15 Å². The second kappa shape index (κ2) is 10.1. The minimum atomic E-state index is -1.45. The zero-order chi connectivity index (χ0) is 27.7. The topological polar surface area (TPSA) is 143 Å². The average Bonchev–Trinajstić information content (AvgIpc) is 2.86. The number of phenols is 1. The summed E-state index contributed by atoms with van der Waals surface area (Å²) in [6, 6.07) is 7.20. The highest BCUT2D eigenvalue weighted by molar-refractivity contribution is 6.09. The van der Waals surface area contributed by atoms with Crippen LogP contribution in [0.25, 0.3) is 33.4 Å². The van der Waals surface area contributed by atoms with Gasteiger partial charge >= 0.3 is 11.9 Å². The molecule has 0 atom stereocenters. The van der Waals surface area contributed by atoms with Crippen LogP contribution in [0.3, 0.4) is 0 Å². The second-order valence-corrected chi connectivity index (χ2v) is 8.29. The number of hydrogen-bond donors (Lipinski definition) is 3. The number of aromatic hydroxyl groups is 1. The van der Waals surface area contributed by atoms with Crippen LogP contribution in [-0.2, 0) is 9.53 Å². The first-order valence-electron chi connectivity index (χ1n) is 11.0. The van der Waals surface area contributed by atoms with Gasteiger partial charge in [0.15, 0.2) is 17.4 Å². The van der Waals surface area contributed by atoms with Gasteiger partial charge in [-0.2, -0.15) is 0 Å². The highest BCUT2D eigenvalue weighted by Gasteiger charge is 2.25. The molecule has 0 saturated carbocycles. The van der Waals surface area contributed by atoms with Crippen LogP contribution in [0.2, 0.25) is 0 Å². The number of halogens is 2. The summed E-state index contributed by atoms with van der Waals surface area (Å²) in [6.45, 7) is 4.71. The summed E-state index contributed by atoms with van der Waals surface area (Å²) in [4.78, 5) is 48.1. The Labute approximate surface area is 212 Å². The number of carbonyl (C=O) groups is 3. The molecule has 0 fully saturated rings. The maximum Gasteiger partial charge on any atom is 0.336 e. The van der Waals surface area contributed by atoms with E-state index in [0.717, 1.165) is 30.3 Å². The van der Waals surface area contributed by atoms with Gasteiger partial charge in [0.1, 0.15) is 18.0 Å². The molecule has 194 valence electrons. The fourth-order valence-electron chi connectivity index (χ4n) is 3.80. The van der Waals surface area contributed by atoms with E-state index in [0.29, 0.717) is 0 Å². The summed E-state index contributed by atoms with van der Waals surface area (Å²) in [5.41, 5.74) is -1.39. The lowest BCUT2D eigenvalue weighted by molar-refractivity contribution is -0.138. The van der Waals surface area contributed by atoms with E-state index in [1.54, 1.807) is 0 Å². The summed E-state index contributed by atoms with van der Waals surface area (Å²) in [5, 5.41) is 22.2. The SMILES string of the molecule is C=C(C)C(=O)OCCNC(=O)c1ccc(-c2c3cc(F)c(=O)cc-3oc3cc(O)c(F)cc23)c(C(=O)O)c1. The number of carboxylic acids is 1. The molecule has 0 unspecified atom stereocenters. The maximum atomic E-state index is 14.3. The Morgan fingerprint density at radius 2 is 1.79 bits per heavy atom. The van der Waals surface area contributed by atoms with Crippen molar-refractivity contribution in [2.45, 2.75) is 6.92 Å². The summed E-state index contributed by atoms with van der Waals surface area (Å²) in [6.07, 6.45) is 0. The highest BCUT2D eigenvalue weighted by Crippen LogP contribution is 2.43. The van der Waals surface area contributed by atoms with E-state index in [1.807, 2.05) is 0 Å². The molecule has 0 saturated heterocycles. The van der Waals surface area contributed by atoms with Gasteiger partial charge in [0.2, 0.25) is 5.43 Å². The number of esters is 1. The van der Waals surface area contributed by atoms with Crippen molar-refractivity contribution in [3.63, 3.8) is 0 Å². The van der Waals surface area contributed by atoms with Crippen LogP contribution in [0.15, 0.2) is 63.8 Å². The van der Waals surface area contributed by atoms with E-state index in [9.17, 15) is 38.2 Å². The predicted octanol–water partition coefficient (Wildman–Crippen LogP) is 4.10. The fraction of sp³-hybridized carbons (Fsp3) is 0.111. The number of rotatable bonds is 7. The monoisotopic (exact) mass is 523 g/mol.